The van der Waals surface area contributed by atoms with Crippen LogP contribution in [-0.2, 0) is 9.59 Å². The van der Waals surface area contributed by atoms with Gasteiger partial charge in [-0.15, -0.1) is 0 Å². The highest BCUT2D eigenvalue weighted by Gasteiger charge is 2.25. The average molecular weight is 505 g/mol. The number of anilines is 1. The molecule has 2 aliphatic rings. The Morgan fingerprint density at radius 1 is 1.00 bits per heavy atom. The molecule has 0 aromatic heterocycles. The second-order valence-electron chi connectivity index (χ2n) is 8.42. The fraction of sp³-hybridized carbons (Fsp3) is 0.360. The van der Waals surface area contributed by atoms with Crippen molar-refractivity contribution in [2.24, 2.45) is 5.92 Å². The molecule has 33 heavy (non-hydrogen) atoms. The molecule has 2 heterocycles. The normalized spacial score (nSPS) is 16.8. The summed E-state index contributed by atoms with van der Waals surface area (Å²) in [5.41, 5.74) is 2.00. The Morgan fingerprint density at radius 3 is 2.36 bits per heavy atom. The van der Waals surface area contributed by atoms with Crippen molar-refractivity contribution >= 4 is 58.1 Å². The van der Waals surface area contributed by atoms with Crippen molar-refractivity contribution in [3.63, 3.8) is 0 Å². The first kappa shape index (κ1) is 24.0. The van der Waals surface area contributed by atoms with Crippen molar-refractivity contribution in [2.45, 2.75) is 35.5 Å². The van der Waals surface area contributed by atoms with Crippen LogP contribution in [0.2, 0.25) is 10.0 Å². The first-order valence-electron chi connectivity index (χ1n) is 11.1. The van der Waals surface area contributed by atoms with E-state index in [-0.39, 0.29) is 11.8 Å². The first-order valence-corrected chi connectivity index (χ1v) is 12.6. The Bertz CT molecular complexity index is 1080. The summed E-state index contributed by atoms with van der Waals surface area (Å²) in [6.07, 6.45) is 3.32. The van der Waals surface area contributed by atoms with Crippen LogP contribution >= 0.6 is 35.0 Å². The SMILES string of the molecule is C=C(C(=O)N1CCCC1)c1ccc(Sc2cccc(N3CCC(C(=O)O)CC3)c2)c(Cl)c1Cl. The van der Waals surface area contributed by atoms with E-state index in [1.54, 1.807) is 4.90 Å². The fourth-order valence-corrected chi connectivity index (χ4v) is 5.85. The van der Waals surface area contributed by atoms with E-state index < -0.39 is 5.97 Å². The second-order valence-corrected chi connectivity index (χ2v) is 10.3. The molecular formula is C25H26Cl2N2O3S. The number of carbonyl (C=O) groups excluding carboxylic acids is 1. The van der Waals surface area contributed by atoms with E-state index in [1.807, 2.05) is 30.3 Å². The topological polar surface area (TPSA) is 60.9 Å². The molecule has 2 aromatic carbocycles. The maximum Gasteiger partial charge on any atom is 0.306 e. The molecule has 1 N–H and O–H groups in total. The minimum Gasteiger partial charge on any atom is -0.481 e. The van der Waals surface area contributed by atoms with Crippen LogP contribution in [0.4, 0.5) is 5.69 Å². The molecule has 4 rings (SSSR count). The average Bonchev–Trinajstić information content (AvgIpc) is 3.36. The van der Waals surface area contributed by atoms with E-state index in [0.717, 1.165) is 54.5 Å². The van der Waals surface area contributed by atoms with Gasteiger partial charge in [0.25, 0.3) is 5.91 Å². The lowest BCUT2D eigenvalue weighted by atomic mass is 9.97. The zero-order valence-electron chi connectivity index (χ0n) is 18.2. The molecule has 2 saturated heterocycles. The van der Waals surface area contributed by atoms with Crippen LogP contribution in [0.3, 0.4) is 0 Å². The summed E-state index contributed by atoms with van der Waals surface area (Å²) in [6, 6.07) is 11.8. The maximum atomic E-state index is 12.7. The summed E-state index contributed by atoms with van der Waals surface area (Å²) in [4.78, 5) is 29.8. The number of hydrogen-bond donors (Lipinski definition) is 1. The van der Waals surface area contributed by atoms with Gasteiger partial charge in [-0.3, -0.25) is 9.59 Å². The predicted molar refractivity (Wildman–Crippen MR) is 134 cm³/mol. The molecule has 0 unspecified atom stereocenters. The zero-order chi connectivity index (χ0) is 23.5. The van der Waals surface area contributed by atoms with Gasteiger partial charge in [-0.05, 0) is 49.9 Å². The standard InChI is InChI=1S/C25H26Cl2N2O3S/c1-16(24(30)29-11-2-3-12-29)20-7-8-21(23(27)22(20)26)33-19-6-4-5-18(15-19)28-13-9-17(10-14-28)25(31)32/h4-8,15,17H,1-3,9-14H2,(H,31,32). The molecule has 2 fully saturated rings. The molecule has 174 valence electrons. The number of halogens is 2. The third-order valence-corrected chi connectivity index (χ3v) is 8.32. The number of carboxylic acids is 1. The Balaban J connectivity index is 1.48. The van der Waals surface area contributed by atoms with E-state index in [4.69, 9.17) is 23.2 Å². The molecule has 0 bridgehead atoms. The Hall–Kier alpha value is -2.15. The number of carbonyl (C=O) groups is 2. The van der Waals surface area contributed by atoms with Crippen molar-refractivity contribution in [3.05, 3.63) is 58.6 Å². The van der Waals surface area contributed by atoms with Crippen LogP contribution in [0.15, 0.2) is 52.8 Å². The Morgan fingerprint density at radius 2 is 1.70 bits per heavy atom. The summed E-state index contributed by atoms with van der Waals surface area (Å²) in [7, 11) is 0. The molecular weight excluding hydrogens is 479 g/mol. The second kappa shape index (κ2) is 10.4. The highest BCUT2D eigenvalue weighted by Crippen LogP contribution is 2.41. The summed E-state index contributed by atoms with van der Waals surface area (Å²) in [6.45, 7) is 6.93. The van der Waals surface area contributed by atoms with Crippen molar-refractivity contribution in [3.8, 4) is 0 Å². The van der Waals surface area contributed by atoms with E-state index in [0.29, 0.717) is 34.0 Å². The van der Waals surface area contributed by atoms with Crippen molar-refractivity contribution in [2.75, 3.05) is 31.1 Å². The van der Waals surface area contributed by atoms with Crippen LogP contribution in [0.25, 0.3) is 5.57 Å². The molecule has 5 nitrogen and oxygen atoms in total. The molecule has 0 saturated carbocycles. The predicted octanol–water partition coefficient (Wildman–Crippen LogP) is 6.08. The van der Waals surface area contributed by atoms with Gasteiger partial charge in [0.15, 0.2) is 0 Å². The summed E-state index contributed by atoms with van der Waals surface area (Å²) >= 11 is 14.7. The van der Waals surface area contributed by atoms with Crippen molar-refractivity contribution in [1.82, 2.24) is 4.90 Å². The largest absolute Gasteiger partial charge is 0.481 e. The summed E-state index contributed by atoms with van der Waals surface area (Å²) in [5, 5.41) is 9.96. The highest BCUT2D eigenvalue weighted by molar-refractivity contribution is 7.99. The number of carboxylic acid groups (broad SMARTS) is 1. The molecule has 0 aliphatic carbocycles. The molecule has 2 aromatic rings. The Kier molecular flexibility index (Phi) is 7.57. The van der Waals surface area contributed by atoms with Crippen LogP contribution < -0.4 is 4.90 Å². The van der Waals surface area contributed by atoms with Crippen LogP contribution in [0.5, 0.6) is 0 Å². The van der Waals surface area contributed by atoms with E-state index in [2.05, 4.69) is 17.5 Å². The zero-order valence-corrected chi connectivity index (χ0v) is 20.6. The van der Waals surface area contributed by atoms with Crippen molar-refractivity contribution < 1.29 is 14.7 Å². The lowest BCUT2D eigenvalue weighted by molar-refractivity contribution is -0.142. The summed E-state index contributed by atoms with van der Waals surface area (Å²) in [5.74, 6) is -1.06. The number of likely N-dealkylation sites (tertiary alicyclic amines) is 1. The van der Waals surface area contributed by atoms with Gasteiger partial charge in [-0.2, -0.15) is 0 Å². The molecule has 1 amide bonds. The quantitative estimate of drug-likeness (QED) is 0.482. The number of rotatable bonds is 6. The number of aliphatic carboxylic acids is 1. The molecule has 0 atom stereocenters. The van der Waals surface area contributed by atoms with Gasteiger partial charge in [0.05, 0.1) is 16.0 Å². The number of benzene rings is 2. The third kappa shape index (κ3) is 5.34. The van der Waals surface area contributed by atoms with Crippen molar-refractivity contribution in [1.29, 1.82) is 0 Å². The number of piperidine rings is 1. The van der Waals surface area contributed by atoms with Gasteiger partial charge in [0.2, 0.25) is 0 Å². The lowest BCUT2D eigenvalue weighted by Gasteiger charge is -2.32. The molecule has 2 aliphatic heterocycles. The first-order chi connectivity index (χ1) is 15.8. The number of amides is 1. The lowest BCUT2D eigenvalue weighted by Crippen LogP contribution is -2.36. The van der Waals surface area contributed by atoms with Gasteiger partial charge in [-0.25, -0.2) is 0 Å². The van der Waals surface area contributed by atoms with E-state index >= 15 is 0 Å². The molecule has 0 spiro atoms. The maximum absolute atomic E-state index is 12.7. The Labute approximate surface area is 208 Å². The van der Waals surface area contributed by atoms with Crippen LogP contribution in [0, 0.1) is 5.92 Å². The van der Waals surface area contributed by atoms with Crippen LogP contribution in [0.1, 0.15) is 31.2 Å². The highest BCUT2D eigenvalue weighted by atomic mass is 35.5. The van der Waals surface area contributed by atoms with Gasteiger partial charge < -0.3 is 14.9 Å². The van der Waals surface area contributed by atoms with Gasteiger partial charge in [0, 0.05) is 52.8 Å². The molecule has 8 heteroatoms. The number of nitrogens with zero attached hydrogens (tertiary/aromatic N) is 2. The number of hydrogen-bond acceptors (Lipinski definition) is 4. The van der Waals surface area contributed by atoms with Gasteiger partial charge in [0.1, 0.15) is 0 Å². The third-order valence-electron chi connectivity index (χ3n) is 6.28. The van der Waals surface area contributed by atoms with E-state index in [9.17, 15) is 14.7 Å². The van der Waals surface area contributed by atoms with Gasteiger partial charge >= 0.3 is 5.97 Å². The summed E-state index contributed by atoms with van der Waals surface area (Å²) < 4.78 is 0. The molecule has 0 radical (unpaired) electrons. The fourth-order valence-electron chi connectivity index (χ4n) is 4.33. The van der Waals surface area contributed by atoms with Gasteiger partial charge in [-0.1, -0.05) is 53.7 Å². The minimum atomic E-state index is -0.710. The van der Waals surface area contributed by atoms with Crippen LogP contribution in [-0.4, -0.2) is 48.1 Å². The smallest absolute Gasteiger partial charge is 0.306 e. The minimum absolute atomic E-state index is 0.0924. The van der Waals surface area contributed by atoms with E-state index in [1.165, 1.54) is 11.8 Å². The monoisotopic (exact) mass is 504 g/mol.